The van der Waals surface area contributed by atoms with Gasteiger partial charge in [-0.3, -0.25) is 9.59 Å². The summed E-state index contributed by atoms with van der Waals surface area (Å²) in [5.41, 5.74) is 2.97. The molecule has 3 rings (SSSR count). The van der Waals surface area contributed by atoms with Gasteiger partial charge in [0.1, 0.15) is 6.04 Å². The molecule has 1 N–H and O–H groups in total. The Hall–Kier alpha value is -1.69. The molecule has 1 atom stereocenters. The first-order valence-corrected chi connectivity index (χ1v) is 13.4. The van der Waals surface area contributed by atoms with Gasteiger partial charge in [-0.25, -0.2) is 0 Å². The lowest BCUT2D eigenvalue weighted by molar-refractivity contribution is -0.139. The van der Waals surface area contributed by atoms with Gasteiger partial charge in [0.2, 0.25) is 11.8 Å². The van der Waals surface area contributed by atoms with Crippen LogP contribution in [0.2, 0.25) is 10.0 Å². The summed E-state index contributed by atoms with van der Waals surface area (Å²) in [7, 11) is 0. The van der Waals surface area contributed by atoms with Crippen molar-refractivity contribution < 1.29 is 9.59 Å². The first-order chi connectivity index (χ1) is 15.8. The van der Waals surface area contributed by atoms with Crippen LogP contribution in [0, 0.1) is 6.92 Å². The van der Waals surface area contributed by atoms with Crippen LogP contribution in [-0.4, -0.2) is 34.6 Å². The van der Waals surface area contributed by atoms with Gasteiger partial charge in [0.25, 0.3) is 0 Å². The first-order valence-electron chi connectivity index (χ1n) is 11.5. The molecule has 2 aromatic carbocycles. The molecule has 1 saturated carbocycles. The second kappa shape index (κ2) is 12.7. The van der Waals surface area contributed by atoms with Crippen molar-refractivity contribution in [2.75, 3.05) is 5.75 Å². The van der Waals surface area contributed by atoms with Gasteiger partial charge in [0.15, 0.2) is 0 Å². The van der Waals surface area contributed by atoms with Crippen LogP contribution in [0.3, 0.4) is 0 Å². The van der Waals surface area contributed by atoms with Gasteiger partial charge in [-0.1, -0.05) is 78.4 Å². The van der Waals surface area contributed by atoms with Crippen molar-refractivity contribution >= 4 is 46.8 Å². The van der Waals surface area contributed by atoms with Gasteiger partial charge in [-0.15, -0.1) is 11.8 Å². The van der Waals surface area contributed by atoms with E-state index in [-0.39, 0.29) is 23.6 Å². The average molecular weight is 508 g/mol. The minimum absolute atomic E-state index is 0.0732. The number of hydrogen-bond acceptors (Lipinski definition) is 3. The molecule has 0 bridgehead atoms. The third-order valence-corrected chi connectivity index (χ3v) is 7.74. The fourth-order valence-electron chi connectivity index (χ4n) is 4.15. The quantitative estimate of drug-likeness (QED) is 0.427. The fraction of sp³-hybridized carbons (Fsp3) is 0.462. The third-order valence-electron chi connectivity index (χ3n) is 6.09. The molecule has 7 heteroatoms. The zero-order valence-electron chi connectivity index (χ0n) is 19.3. The third kappa shape index (κ3) is 7.66. The van der Waals surface area contributed by atoms with Crippen LogP contribution in [0.25, 0.3) is 0 Å². The molecule has 1 unspecified atom stereocenters. The number of rotatable bonds is 9. The lowest BCUT2D eigenvalue weighted by atomic mass is 9.95. The van der Waals surface area contributed by atoms with Crippen molar-refractivity contribution in [3.05, 3.63) is 69.2 Å². The van der Waals surface area contributed by atoms with Gasteiger partial charge < -0.3 is 10.2 Å². The average Bonchev–Trinajstić information content (AvgIpc) is 2.79. The van der Waals surface area contributed by atoms with E-state index in [4.69, 9.17) is 23.2 Å². The zero-order chi connectivity index (χ0) is 23.8. The molecule has 33 heavy (non-hydrogen) atoms. The Balaban J connectivity index is 1.68. The maximum absolute atomic E-state index is 13.3. The maximum Gasteiger partial charge on any atom is 0.242 e. The minimum Gasteiger partial charge on any atom is -0.352 e. The molecule has 1 aliphatic rings. The molecule has 0 aromatic heterocycles. The smallest absolute Gasteiger partial charge is 0.242 e. The number of nitrogens with one attached hydrogen (secondary N) is 1. The van der Waals surface area contributed by atoms with Crippen molar-refractivity contribution in [2.24, 2.45) is 0 Å². The van der Waals surface area contributed by atoms with E-state index in [1.807, 2.05) is 32.0 Å². The highest BCUT2D eigenvalue weighted by Gasteiger charge is 2.28. The number of benzene rings is 2. The van der Waals surface area contributed by atoms with E-state index in [2.05, 4.69) is 11.4 Å². The summed E-state index contributed by atoms with van der Waals surface area (Å²) in [5, 5.41) is 4.37. The Morgan fingerprint density at radius 1 is 1.09 bits per heavy atom. The zero-order valence-corrected chi connectivity index (χ0v) is 21.6. The van der Waals surface area contributed by atoms with Crippen LogP contribution in [0.1, 0.15) is 55.7 Å². The second-order valence-corrected chi connectivity index (χ2v) is 10.5. The molecular formula is C26H32Cl2N2O2S. The second-order valence-electron chi connectivity index (χ2n) is 8.72. The van der Waals surface area contributed by atoms with E-state index in [1.165, 1.54) is 18.2 Å². The number of amides is 2. The highest BCUT2D eigenvalue weighted by Crippen LogP contribution is 2.28. The Bertz CT molecular complexity index is 943. The van der Waals surface area contributed by atoms with Gasteiger partial charge in [0, 0.05) is 28.4 Å². The number of carbonyl (C=O) groups excluding carboxylic acids is 2. The lowest BCUT2D eigenvalue weighted by Gasteiger charge is -2.31. The van der Waals surface area contributed by atoms with Crippen molar-refractivity contribution in [3.8, 4) is 0 Å². The van der Waals surface area contributed by atoms with Gasteiger partial charge in [-0.05, 0) is 49.9 Å². The summed E-state index contributed by atoms with van der Waals surface area (Å²) in [6.07, 6.45) is 5.54. The van der Waals surface area contributed by atoms with Crippen LogP contribution in [-0.2, 0) is 21.9 Å². The van der Waals surface area contributed by atoms with E-state index in [0.717, 1.165) is 42.4 Å². The molecule has 0 saturated heterocycles. The molecule has 4 nitrogen and oxygen atoms in total. The Morgan fingerprint density at radius 2 is 1.76 bits per heavy atom. The Kier molecular flexibility index (Phi) is 9.96. The standard InChI is InChI=1S/C26H32Cl2N2O2S/c1-18-8-6-9-20(14-18)15-30(19(2)26(32)29-21-10-4-3-5-11-21)25(31)17-33-16-22-23(27)12-7-13-24(22)28/h6-9,12-14,19,21H,3-5,10-11,15-17H2,1-2H3,(H,29,32). The van der Waals surface area contributed by atoms with Crippen molar-refractivity contribution in [2.45, 2.75) is 70.3 Å². The Morgan fingerprint density at radius 3 is 2.42 bits per heavy atom. The number of aryl methyl sites for hydroxylation is 1. The van der Waals surface area contributed by atoms with Crippen molar-refractivity contribution in [1.82, 2.24) is 10.2 Å². The highest BCUT2D eigenvalue weighted by molar-refractivity contribution is 7.99. The molecule has 0 radical (unpaired) electrons. The van der Waals surface area contributed by atoms with E-state index < -0.39 is 6.04 Å². The van der Waals surface area contributed by atoms with Crippen LogP contribution in [0.5, 0.6) is 0 Å². The number of halogens is 2. The summed E-state index contributed by atoms with van der Waals surface area (Å²) < 4.78 is 0. The van der Waals surface area contributed by atoms with Crippen LogP contribution in [0.15, 0.2) is 42.5 Å². The summed E-state index contributed by atoms with van der Waals surface area (Å²) in [6.45, 7) is 4.24. The van der Waals surface area contributed by atoms with Crippen LogP contribution in [0.4, 0.5) is 0 Å². The molecule has 1 aliphatic carbocycles. The summed E-state index contributed by atoms with van der Waals surface area (Å²) in [5.74, 6) is 0.623. The summed E-state index contributed by atoms with van der Waals surface area (Å²) in [4.78, 5) is 28.0. The molecule has 178 valence electrons. The molecule has 0 heterocycles. The summed E-state index contributed by atoms with van der Waals surface area (Å²) in [6, 6.07) is 13.1. The minimum atomic E-state index is -0.551. The largest absolute Gasteiger partial charge is 0.352 e. The lowest BCUT2D eigenvalue weighted by Crippen LogP contribution is -2.50. The normalized spacial score (nSPS) is 15.2. The van der Waals surface area contributed by atoms with Crippen molar-refractivity contribution in [1.29, 1.82) is 0 Å². The van der Waals surface area contributed by atoms with Crippen LogP contribution >= 0.6 is 35.0 Å². The number of hydrogen-bond donors (Lipinski definition) is 1. The fourth-order valence-corrected chi connectivity index (χ4v) is 5.80. The SMILES string of the molecule is Cc1cccc(CN(C(=O)CSCc2c(Cl)cccc2Cl)C(C)C(=O)NC2CCCCC2)c1. The topological polar surface area (TPSA) is 49.4 Å². The number of thioether (sulfide) groups is 1. The van der Waals surface area contributed by atoms with Crippen LogP contribution < -0.4 is 5.32 Å². The molecule has 0 spiro atoms. The van der Waals surface area contributed by atoms with E-state index in [9.17, 15) is 9.59 Å². The van der Waals surface area contributed by atoms with E-state index in [0.29, 0.717) is 22.3 Å². The number of carbonyl (C=O) groups is 2. The van der Waals surface area contributed by atoms with Gasteiger partial charge >= 0.3 is 0 Å². The van der Waals surface area contributed by atoms with Gasteiger partial charge in [0.05, 0.1) is 5.75 Å². The first kappa shape index (κ1) is 25.9. The number of nitrogens with zero attached hydrogens (tertiary/aromatic N) is 1. The van der Waals surface area contributed by atoms with E-state index in [1.54, 1.807) is 23.1 Å². The Labute approximate surface area is 211 Å². The van der Waals surface area contributed by atoms with Gasteiger partial charge in [-0.2, -0.15) is 0 Å². The predicted octanol–water partition coefficient (Wildman–Crippen LogP) is 6.40. The maximum atomic E-state index is 13.3. The summed E-state index contributed by atoms with van der Waals surface area (Å²) >= 11 is 14.0. The monoisotopic (exact) mass is 506 g/mol. The highest BCUT2D eigenvalue weighted by atomic mass is 35.5. The van der Waals surface area contributed by atoms with Crippen molar-refractivity contribution in [3.63, 3.8) is 0 Å². The predicted molar refractivity (Wildman–Crippen MR) is 139 cm³/mol. The molecule has 2 aromatic rings. The van der Waals surface area contributed by atoms with E-state index >= 15 is 0 Å². The molecule has 2 amide bonds. The molecule has 0 aliphatic heterocycles. The molecule has 1 fully saturated rings. The molecular weight excluding hydrogens is 475 g/mol.